The van der Waals surface area contributed by atoms with Gasteiger partial charge in [0, 0.05) is 31.7 Å². The molecule has 1 aromatic rings. The minimum atomic E-state index is -0.0653. The number of hydrogen-bond acceptors (Lipinski definition) is 4. The van der Waals surface area contributed by atoms with Crippen LogP contribution in [0.15, 0.2) is 30.3 Å². The van der Waals surface area contributed by atoms with Gasteiger partial charge in [0.15, 0.2) is 0 Å². The Morgan fingerprint density at radius 1 is 1.04 bits per heavy atom. The SMILES string of the molecule is CC1CN(CCOCCOCCNC(=O)c2ccccc2)CC1C. The molecular formula is C19H30N2O3. The highest BCUT2D eigenvalue weighted by Crippen LogP contribution is 2.21. The van der Waals surface area contributed by atoms with Crippen molar-refractivity contribution in [2.45, 2.75) is 13.8 Å². The van der Waals surface area contributed by atoms with Gasteiger partial charge in [-0.25, -0.2) is 0 Å². The number of likely N-dealkylation sites (tertiary alicyclic amines) is 1. The number of hydrogen-bond donors (Lipinski definition) is 1. The molecule has 1 aliphatic heterocycles. The predicted molar refractivity (Wildman–Crippen MR) is 95.2 cm³/mol. The fourth-order valence-corrected chi connectivity index (χ4v) is 2.88. The van der Waals surface area contributed by atoms with E-state index in [-0.39, 0.29) is 5.91 Å². The summed E-state index contributed by atoms with van der Waals surface area (Å²) in [6.07, 6.45) is 0. The summed E-state index contributed by atoms with van der Waals surface area (Å²) in [7, 11) is 0. The van der Waals surface area contributed by atoms with Gasteiger partial charge in [-0.3, -0.25) is 4.79 Å². The van der Waals surface area contributed by atoms with E-state index in [9.17, 15) is 4.79 Å². The molecule has 24 heavy (non-hydrogen) atoms. The molecule has 1 aromatic carbocycles. The van der Waals surface area contributed by atoms with Crippen LogP contribution in [0.5, 0.6) is 0 Å². The Kier molecular flexibility index (Phi) is 8.22. The number of nitrogens with zero attached hydrogens (tertiary/aromatic N) is 1. The average Bonchev–Trinajstić information content (AvgIpc) is 2.92. The fraction of sp³-hybridized carbons (Fsp3) is 0.632. The van der Waals surface area contributed by atoms with Crippen molar-refractivity contribution in [1.29, 1.82) is 0 Å². The van der Waals surface area contributed by atoms with Crippen LogP contribution in [0, 0.1) is 11.8 Å². The van der Waals surface area contributed by atoms with Gasteiger partial charge in [0.25, 0.3) is 5.91 Å². The van der Waals surface area contributed by atoms with Crippen LogP contribution in [0.25, 0.3) is 0 Å². The van der Waals surface area contributed by atoms with E-state index < -0.39 is 0 Å². The van der Waals surface area contributed by atoms with Crippen molar-refractivity contribution in [2.75, 3.05) is 52.6 Å². The Labute approximate surface area is 145 Å². The van der Waals surface area contributed by atoms with E-state index in [2.05, 4.69) is 24.1 Å². The van der Waals surface area contributed by atoms with Gasteiger partial charge in [-0.05, 0) is 24.0 Å². The first kappa shape index (κ1) is 18.9. The van der Waals surface area contributed by atoms with Crippen LogP contribution >= 0.6 is 0 Å². The maximum atomic E-state index is 11.8. The first-order valence-corrected chi connectivity index (χ1v) is 8.88. The van der Waals surface area contributed by atoms with Crippen molar-refractivity contribution in [2.24, 2.45) is 11.8 Å². The summed E-state index contributed by atoms with van der Waals surface area (Å²) in [5.74, 6) is 1.52. The van der Waals surface area contributed by atoms with Crippen LogP contribution in [0.4, 0.5) is 0 Å². The van der Waals surface area contributed by atoms with Crippen molar-refractivity contribution < 1.29 is 14.3 Å². The summed E-state index contributed by atoms with van der Waals surface area (Å²) in [6, 6.07) is 9.20. The zero-order chi connectivity index (χ0) is 17.2. The molecule has 0 aliphatic carbocycles. The summed E-state index contributed by atoms with van der Waals surface area (Å²) in [5.41, 5.74) is 0.673. The van der Waals surface area contributed by atoms with Gasteiger partial charge in [0.2, 0.25) is 0 Å². The molecule has 1 heterocycles. The molecule has 5 nitrogen and oxygen atoms in total. The second kappa shape index (κ2) is 10.4. The van der Waals surface area contributed by atoms with Gasteiger partial charge in [0.05, 0.1) is 26.4 Å². The monoisotopic (exact) mass is 334 g/mol. The van der Waals surface area contributed by atoms with Gasteiger partial charge >= 0.3 is 0 Å². The topological polar surface area (TPSA) is 50.8 Å². The molecule has 1 N–H and O–H groups in total. The Morgan fingerprint density at radius 2 is 1.67 bits per heavy atom. The molecule has 134 valence electrons. The molecule has 1 amide bonds. The van der Waals surface area contributed by atoms with E-state index in [4.69, 9.17) is 9.47 Å². The second-order valence-corrected chi connectivity index (χ2v) is 6.56. The molecule has 2 unspecified atom stereocenters. The lowest BCUT2D eigenvalue weighted by molar-refractivity contribution is 0.0409. The standard InChI is InChI=1S/C19H30N2O3/c1-16-14-21(15-17(16)2)9-11-24-13-12-23-10-8-20-19(22)18-6-4-3-5-7-18/h3-7,16-17H,8-15H2,1-2H3,(H,20,22). The van der Waals surface area contributed by atoms with Crippen molar-refractivity contribution in [3.8, 4) is 0 Å². The van der Waals surface area contributed by atoms with Crippen LogP contribution in [0.3, 0.4) is 0 Å². The van der Waals surface area contributed by atoms with Crippen molar-refractivity contribution in [3.63, 3.8) is 0 Å². The summed E-state index contributed by atoms with van der Waals surface area (Å²) < 4.78 is 11.1. The summed E-state index contributed by atoms with van der Waals surface area (Å²) >= 11 is 0. The Morgan fingerprint density at radius 3 is 2.33 bits per heavy atom. The highest BCUT2D eigenvalue weighted by molar-refractivity contribution is 5.94. The van der Waals surface area contributed by atoms with Gasteiger partial charge in [0.1, 0.15) is 0 Å². The Hall–Kier alpha value is -1.43. The van der Waals surface area contributed by atoms with Gasteiger partial charge < -0.3 is 19.7 Å². The molecule has 2 rings (SSSR count). The van der Waals surface area contributed by atoms with Crippen molar-refractivity contribution >= 4 is 5.91 Å². The lowest BCUT2D eigenvalue weighted by Crippen LogP contribution is -2.28. The van der Waals surface area contributed by atoms with E-state index in [1.807, 2.05) is 18.2 Å². The van der Waals surface area contributed by atoms with E-state index >= 15 is 0 Å². The third-order valence-electron chi connectivity index (χ3n) is 4.56. The maximum Gasteiger partial charge on any atom is 0.251 e. The summed E-state index contributed by atoms with van der Waals surface area (Å²) in [4.78, 5) is 14.3. The maximum absolute atomic E-state index is 11.8. The molecule has 2 atom stereocenters. The molecular weight excluding hydrogens is 304 g/mol. The lowest BCUT2D eigenvalue weighted by Gasteiger charge is -2.15. The first-order valence-electron chi connectivity index (χ1n) is 8.88. The first-order chi connectivity index (χ1) is 11.7. The summed E-state index contributed by atoms with van der Waals surface area (Å²) in [5, 5.41) is 2.83. The Balaban J connectivity index is 1.40. The van der Waals surface area contributed by atoms with Crippen LogP contribution in [-0.4, -0.2) is 63.4 Å². The smallest absolute Gasteiger partial charge is 0.251 e. The molecule has 0 aromatic heterocycles. The highest BCUT2D eigenvalue weighted by Gasteiger charge is 2.25. The minimum absolute atomic E-state index is 0.0653. The number of nitrogens with one attached hydrogen (secondary N) is 1. The molecule has 0 saturated carbocycles. The molecule has 1 aliphatic rings. The van der Waals surface area contributed by atoms with E-state index in [0.29, 0.717) is 31.9 Å². The number of benzene rings is 1. The fourth-order valence-electron chi connectivity index (χ4n) is 2.88. The largest absolute Gasteiger partial charge is 0.378 e. The van der Waals surface area contributed by atoms with E-state index in [1.54, 1.807) is 12.1 Å². The molecule has 1 fully saturated rings. The van der Waals surface area contributed by atoms with E-state index in [1.165, 1.54) is 13.1 Å². The molecule has 1 saturated heterocycles. The normalized spacial score (nSPS) is 21.1. The zero-order valence-corrected chi connectivity index (χ0v) is 14.9. The van der Waals surface area contributed by atoms with Gasteiger partial charge in [-0.2, -0.15) is 0 Å². The van der Waals surface area contributed by atoms with Crippen LogP contribution in [0.1, 0.15) is 24.2 Å². The van der Waals surface area contributed by atoms with E-state index in [0.717, 1.165) is 25.0 Å². The van der Waals surface area contributed by atoms with Crippen molar-refractivity contribution in [3.05, 3.63) is 35.9 Å². The zero-order valence-electron chi connectivity index (χ0n) is 14.9. The van der Waals surface area contributed by atoms with Gasteiger partial charge in [-0.15, -0.1) is 0 Å². The average molecular weight is 334 g/mol. The van der Waals surface area contributed by atoms with Crippen LogP contribution in [0.2, 0.25) is 0 Å². The van der Waals surface area contributed by atoms with Crippen LogP contribution in [-0.2, 0) is 9.47 Å². The quantitative estimate of drug-likeness (QED) is 0.665. The summed E-state index contributed by atoms with van der Waals surface area (Å²) in [6.45, 7) is 10.9. The number of ether oxygens (including phenoxy) is 2. The number of carbonyl (C=O) groups excluding carboxylic acids is 1. The minimum Gasteiger partial charge on any atom is -0.378 e. The molecule has 0 spiro atoms. The number of amides is 1. The molecule has 5 heteroatoms. The molecule has 0 bridgehead atoms. The molecule has 0 radical (unpaired) electrons. The number of rotatable bonds is 10. The lowest BCUT2D eigenvalue weighted by atomic mass is 10.0. The van der Waals surface area contributed by atoms with Crippen molar-refractivity contribution in [1.82, 2.24) is 10.2 Å². The van der Waals surface area contributed by atoms with Gasteiger partial charge in [-0.1, -0.05) is 32.0 Å². The predicted octanol–water partition coefficient (Wildman–Crippen LogP) is 2.04. The highest BCUT2D eigenvalue weighted by atomic mass is 16.5. The second-order valence-electron chi connectivity index (χ2n) is 6.56. The third-order valence-corrected chi connectivity index (χ3v) is 4.56. The van der Waals surface area contributed by atoms with Crippen LogP contribution < -0.4 is 5.32 Å². The number of carbonyl (C=O) groups is 1. The third kappa shape index (κ3) is 6.59. The Bertz CT molecular complexity index is 471.